The molecule has 186 valence electrons. The number of hydrogen-bond acceptors (Lipinski definition) is 3. The van der Waals surface area contributed by atoms with Gasteiger partial charge in [0.2, 0.25) is 15.9 Å². The first-order valence-corrected chi connectivity index (χ1v) is 13.3. The maximum Gasteiger partial charge on any atom is 0.229 e. The molecular weight excluding hydrogens is 458 g/mol. The van der Waals surface area contributed by atoms with Crippen molar-refractivity contribution in [2.75, 3.05) is 11.0 Å². The van der Waals surface area contributed by atoms with Gasteiger partial charge in [-0.05, 0) is 60.1 Å². The number of hydrogen-bond donors (Lipinski definition) is 2. The van der Waals surface area contributed by atoms with Gasteiger partial charge in [0.25, 0.3) is 0 Å². The zero-order valence-corrected chi connectivity index (χ0v) is 21.7. The molecule has 0 aliphatic heterocycles. The lowest BCUT2D eigenvalue weighted by molar-refractivity contribution is -0.123. The largest absolute Gasteiger partial charge is 0.349 e. The summed E-state index contributed by atoms with van der Waals surface area (Å²) < 4.78 is 55.1. The second-order valence-electron chi connectivity index (χ2n) is 10.7. The molecule has 0 heterocycles. The van der Waals surface area contributed by atoms with Gasteiger partial charge in [-0.15, -0.1) is 0 Å². The van der Waals surface area contributed by atoms with Gasteiger partial charge in [0.1, 0.15) is 11.6 Å². The summed E-state index contributed by atoms with van der Waals surface area (Å²) in [5.74, 6) is -1.71. The van der Waals surface area contributed by atoms with Crippen LogP contribution in [0.2, 0.25) is 0 Å². The molecule has 0 aromatic heterocycles. The van der Waals surface area contributed by atoms with Crippen LogP contribution in [0.3, 0.4) is 0 Å². The Hall–Kier alpha value is -2.48. The van der Waals surface area contributed by atoms with Crippen LogP contribution in [-0.2, 0) is 25.6 Å². The highest BCUT2D eigenvalue weighted by Gasteiger charge is 2.56. The van der Waals surface area contributed by atoms with Crippen molar-refractivity contribution in [3.8, 4) is 0 Å². The molecule has 0 bridgehead atoms. The van der Waals surface area contributed by atoms with E-state index in [9.17, 15) is 22.0 Å². The Morgan fingerprint density at radius 2 is 1.76 bits per heavy atom. The Morgan fingerprint density at radius 1 is 1.18 bits per heavy atom. The summed E-state index contributed by atoms with van der Waals surface area (Å²) in [6, 6.07) is 7.79. The number of rotatable bonds is 7. The fourth-order valence-corrected chi connectivity index (χ4v) is 5.23. The standard InChI is InChI=1S/C26H34F2N2O3S/c1-8-21(16-9-10-22(15(2)11-16)30-34(7,32)33)29-24(31)18-14-26(18,6)17-12-19(27)23(20(28)13-17)25(3,4)5/h9-13,18,21,30H,8,14H2,1-7H3,(H,29,31)/t18-,21-,26-/m1/s1. The highest BCUT2D eigenvalue weighted by atomic mass is 32.2. The van der Waals surface area contributed by atoms with Crippen molar-refractivity contribution in [2.24, 2.45) is 5.92 Å². The molecule has 1 aliphatic rings. The van der Waals surface area contributed by atoms with Crippen LogP contribution in [-0.4, -0.2) is 20.6 Å². The zero-order valence-electron chi connectivity index (χ0n) is 20.8. The summed E-state index contributed by atoms with van der Waals surface area (Å²) in [6.45, 7) is 10.9. The molecule has 3 rings (SSSR count). The molecule has 0 unspecified atom stereocenters. The van der Waals surface area contributed by atoms with E-state index in [0.29, 0.717) is 24.1 Å². The van der Waals surface area contributed by atoms with Crippen molar-refractivity contribution in [1.29, 1.82) is 0 Å². The van der Waals surface area contributed by atoms with Crippen LogP contribution in [0.5, 0.6) is 0 Å². The third kappa shape index (κ3) is 5.43. The van der Waals surface area contributed by atoms with Crippen molar-refractivity contribution in [3.63, 3.8) is 0 Å². The minimum atomic E-state index is -3.39. The maximum absolute atomic E-state index is 14.8. The number of aryl methyl sites for hydroxylation is 1. The topological polar surface area (TPSA) is 75.3 Å². The van der Waals surface area contributed by atoms with E-state index in [4.69, 9.17) is 0 Å². The van der Waals surface area contributed by atoms with E-state index in [0.717, 1.165) is 17.4 Å². The van der Waals surface area contributed by atoms with Gasteiger partial charge < -0.3 is 5.32 Å². The van der Waals surface area contributed by atoms with E-state index >= 15 is 0 Å². The zero-order chi connectivity index (χ0) is 25.6. The van der Waals surface area contributed by atoms with Crippen LogP contribution in [0.4, 0.5) is 14.5 Å². The Morgan fingerprint density at radius 3 is 2.24 bits per heavy atom. The molecule has 2 aromatic rings. The lowest BCUT2D eigenvalue weighted by atomic mass is 9.83. The summed E-state index contributed by atoms with van der Waals surface area (Å²) in [5.41, 5.74) is 1.36. The lowest BCUT2D eigenvalue weighted by Gasteiger charge is -2.23. The van der Waals surface area contributed by atoms with Gasteiger partial charge in [-0.2, -0.15) is 0 Å². The predicted molar refractivity (Wildman–Crippen MR) is 131 cm³/mol. The van der Waals surface area contributed by atoms with Gasteiger partial charge in [-0.25, -0.2) is 17.2 Å². The van der Waals surface area contributed by atoms with E-state index in [2.05, 4.69) is 10.0 Å². The highest BCUT2D eigenvalue weighted by molar-refractivity contribution is 7.92. The molecule has 34 heavy (non-hydrogen) atoms. The molecule has 1 amide bonds. The molecule has 0 radical (unpaired) electrons. The number of halogens is 2. The van der Waals surface area contributed by atoms with Crippen LogP contribution in [0.1, 0.15) is 75.8 Å². The number of anilines is 1. The predicted octanol–water partition coefficient (Wildman–Crippen LogP) is 5.49. The molecule has 1 fully saturated rings. The van der Waals surface area contributed by atoms with E-state index in [1.165, 1.54) is 12.1 Å². The Balaban J connectivity index is 1.77. The Kier molecular flexibility index (Phi) is 6.88. The normalized spacial score (nSPS) is 21.1. The summed E-state index contributed by atoms with van der Waals surface area (Å²) >= 11 is 0. The molecule has 8 heteroatoms. The molecule has 0 spiro atoms. The Labute approximate surface area is 201 Å². The average molecular weight is 493 g/mol. The molecule has 3 atom stereocenters. The molecule has 0 saturated heterocycles. The smallest absolute Gasteiger partial charge is 0.229 e. The van der Waals surface area contributed by atoms with Gasteiger partial charge in [0.05, 0.1) is 18.0 Å². The molecular formula is C26H34F2N2O3S. The second kappa shape index (κ2) is 8.95. The third-order valence-electron chi connectivity index (χ3n) is 6.68. The van der Waals surface area contributed by atoms with Crippen LogP contribution in [0.15, 0.2) is 30.3 Å². The molecule has 5 nitrogen and oxygen atoms in total. The molecule has 2 N–H and O–H groups in total. The third-order valence-corrected chi connectivity index (χ3v) is 7.27. The summed E-state index contributed by atoms with van der Waals surface area (Å²) in [7, 11) is -3.39. The number of sulfonamides is 1. The van der Waals surface area contributed by atoms with Gasteiger partial charge in [-0.1, -0.05) is 46.8 Å². The summed E-state index contributed by atoms with van der Waals surface area (Å²) in [6.07, 6.45) is 2.24. The van der Waals surface area contributed by atoms with Gasteiger partial charge >= 0.3 is 0 Å². The van der Waals surface area contributed by atoms with Crippen molar-refractivity contribution in [2.45, 2.75) is 71.3 Å². The van der Waals surface area contributed by atoms with Crippen LogP contribution >= 0.6 is 0 Å². The first-order chi connectivity index (χ1) is 15.6. The van der Waals surface area contributed by atoms with Crippen molar-refractivity contribution < 1.29 is 22.0 Å². The minimum Gasteiger partial charge on any atom is -0.349 e. The fraction of sp³-hybridized carbons (Fsp3) is 0.500. The SMILES string of the molecule is CC[C@@H](NC(=O)[C@H]1C[C@]1(C)c1cc(F)c(C(C)(C)C)c(F)c1)c1ccc(NS(C)(=O)=O)c(C)c1. The minimum absolute atomic E-state index is 0.0525. The van der Waals surface area contributed by atoms with E-state index < -0.39 is 32.5 Å². The molecule has 2 aromatic carbocycles. The summed E-state index contributed by atoms with van der Waals surface area (Å²) in [5, 5.41) is 3.06. The van der Waals surface area contributed by atoms with Crippen molar-refractivity contribution in [3.05, 3.63) is 64.2 Å². The van der Waals surface area contributed by atoms with Crippen molar-refractivity contribution in [1.82, 2.24) is 5.32 Å². The van der Waals surface area contributed by atoms with Gasteiger partial charge in [-0.3, -0.25) is 9.52 Å². The first kappa shape index (κ1) is 26.1. The van der Waals surface area contributed by atoms with E-state index in [-0.39, 0.29) is 23.4 Å². The average Bonchev–Trinajstić information content (AvgIpc) is 3.38. The number of benzene rings is 2. The monoisotopic (exact) mass is 492 g/mol. The second-order valence-corrected chi connectivity index (χ2v) is 12.4. The van der Waals surface area contributed by atoms with Gasteiger partial charge in [0, 0.05) is 16.9 Å². The van der Waals surface area contributed by atoms with Crippen LogP contribution in [0, 0.1) is 24.5 Å². The quantitative estimate of drug-likeness (QED) is 0.537. The van der Waals surface area contributed by atoms with Crippen LogP contribution < -0.4 is 10.0 Å². The van der Waals surface area contributed by atoms with Crippen molar-refractivity contribution >= 4 is 21.6 Å². The molecule has 1 saturated carbocycles. The first-order valence-electron chi connectivity index (χ1n) is 11.5. The number of nitrogens with one attached hydrogen (secondary N) is 2. The lowest BCUT2D eigenvalue weighted by Crippen LogP contribution is -2.31. The fourth-order valence-electron chi connectivity index (χ4n) is 4.60. The number of amides is 1. The number of carbonyl (C=O) groups is 1. The van der Waals surface area contributed by atoms with Crippen LogP contribution in [0.25, 0.3) is 0 Å². The summed E-state index contributed by atoms with van der Waals surface area (Å²) in [4.78, 5) is 13.1. The van der Waals surface area contributed by atoms with Gasteiger partial charge in [0.15, 0.2) is 0 Å². The Bertz CT molecular complexity index is 1200. The van der Waals surface area contributed by atoms with E-state index in [1.807, 2.05) is 19.9 Å². The number of carbonyl (C=O) groups excluding carboxylic acids is 1. The van der Waals surface area contributed by atoms with E-state index in [1.54, 1.807) is 39.8 Å². The molecule has 1 aliphatic carbocycles. The maximum atomic E-state index is 14.8. The highest BCUT2D eigenvalue weighted by Crippen LogP contribution is 2.55.